The molecule has 0 fully saturated rings. The van der Waals surface area contributed by atoms with E-state index in [9.17, 15) is 0 Å². The van der Waals surface area contributed by atoms with Gasteiger partial charge in [-0.05, 0) is 43.0 Å². The fourth-order valence-corrected chi connectivity index (χ4v) is 2.85. The molecule has 3 heteroatoms. The van der Waals surface area contributed by atoms with Crippen LogP contribution in [0.25, 0.3) is 0 Å². The molecule has 0 radical (unpaired) electrons. The van der Waals surface area contributed by atoms with Crippen LogP contribution in [0.2, 0.25) is 0 Å². The molecule has 0 saturated carbocycles. The van der Waals surface area contributed by atoms with Crippen LogP contribution in [0.4, 0.5) is 0 Å². The first-order valence-electron chi connectivity index (χ1n) is 10.0. The topological polar surface area (TPSA) is 18.5 Å². The van der Waals surface area contributed by atoms with Gasteiger partial charge in [0, 0.05) is 11.5 Å². The van der Waals surface area contributed by atoms with Gasteiger partial charge in [0.05, 0.1) is 7.11 Å². The minimum atomic E-state index is 0. The second kappa shape index (κ2) is 13.8. The number of aryl methyl sites for hydroxylation is 3. The maximum absolute atomic E-state index is 5.79. The van der Waals surface area contributed by atoms with E-state index in [0.717, 1.165) is 30.1 Å². The minimum Gasteiger partial charge on any atom is -0.522 e. The quantitative estimate of drug-likeness (QED) is 0.216. The Labute approximate surface area is 209 Å². The van der Waals surface area contributed by atoms with Gasteiger partial charge >= 0.3 is 31.1 Å². The summed E-state index contributed by atoms with van der Waals surface area (Å²) in [6.45, 7) is 2.12. The average molecular weight is 633 g/mol. The van der Waals surface area contributed by atoms with Crippen LogP contribution in [0.15, 0.2) is 97.1 Å². The molecule has 0 unspecified atom stereocenters. The zero-order chi connectivity index (χ0) is 21.0. The van der Waals surface area contributed by atoms with Crippen molar-refractivity contribution in [3.63, 3.8) is 0 Å². The molecule has 0 aliphatic rings. The number of rotatable bonds is 6. The van der Waals surface area contributed by atoms with E-state index in [0.29, 0.717) is 0 Å². The van der Waals surface area contributed by atoms with Gasteiger partial charge in [0.2, 0.25) is 0 Å². The molecule has 31 heavy (non-hydrogen) atoms. The monoisotopic (exact) mass is 632 g/mol. The van der Waals surface area contributed by atoms with Crippen molar-refractivity contribution < 1.29 is 40.6 Å². The largest absolute Gasteiger partial charge is 2.00 e. The summed E-state index contributed by atoms with van der Waals surface area (Å²) in [5.41, 5.74) is 4.02. The summed E-state index contributed by atoms with van der Waals surface area (Å²) in [5, 5.41) is 0. The zero-order valence-corrected chi connectivity index (χ0v) is 22.1. The van der Waals surface area contributed by atoms with Crippen molar-refractivity contribution in [2.75, 3.05) is 7.11 Å². The Morgan fingerprint density at radius 3 is 1.45 bits per heavy atom. The predicted molar refractivity (Wildman–Crippen MR) is 122 cm³/mol. The summed E-state index contributed by atoms with van der Waals surface area (Å²) in [4.78, 5) is 0. The molecule has 0 aliphatic heterocycles. The van der Waals surface area contributed by atoms with Gasteiger partial charge in [-0.25, -0.2) is 0 Å². The Balaban J connectivity index is 0.000000322. The van der Waals surface area contributed by atoms with E-state index in [4.69, 9.17) is 9.47 Å². The van der Waals surface area contributed by atoms with E-state index in [1.54, 1.807) is 7.11 Å². The number of methoxy groups -OCH3 is 1. The molecule has 0 N–H and O–H groups in total. The number of hydrogen-bond donors (Lipinski definition) is 0. The first-order chi connectivity index (χ1) is 14.7. The Bertz CT molecular complexity index is 983. The average Bonchev–Trinajstić information content (AvgIpc) is 2.81. The number of hydrogen-bond acceptors (Lipinski definition) is 2. The van der Waals surface area contributed by atoms with Crippen LogP contribution in [0, 0.1) is 50.2 Å². The molecule has 2 nitrogen and oxygen atoms in total. The standard InChI is InChI=1S/C21H19O.C7H7O.U/c1-17-7-9-18(10-8-17)11-12-19-13-15-21(16-14-19)22-20-5-3-2-4-6-20;1-8-7-5-3-2-4-6-7;/h3-10,13-16H,11-12H2,1H3;3-6H,1H3;/q2*-1;+2. The molecule has 0 heterocycles. The van der Waals surface area contributed by atoms with E-state index in [-0.39, 0.29) is 31.1 Å². The summed E-state index contributed by atoms with van der Waals surface area (Å²) in [7, 11) is 1.65. The SMILES string of the molecule is COc1cc[c-]cc1.Cc1ccc(CCc2ccc(Oc3cc[c-]cc3)cc2)cc1.[U+2]. The number of ether oxygens (including phenoxy) is 2. The van der Waals surface area contributed by atoms with Crippen LogP contribution in [0.3, 0.4) is 0 Å². The van der Waals surface area contributed by atoms with Gasteiger partial charge in [-0.2, -0.15) is 36.4 Å². The maximum atomic E-state index is 5.79. The van der Waals surface area contributed by atoms with Gasteiger partial charge in [-0.15, -0.1) is 24.3 Å². The number of benzene rings is 4. The molecule has 154 valence electrons. The molecule has 0 aromatic heterocycles. The normalized spacial score (nSPS) is 9.61. The van der Waals surface area contributed by atoms with Crippen LogP contribution in [-0.2, 0) is 12.8 Å². The smallest absolute Gasteiger partial charge is 0.522 e. The van der Waals surface area contributed by atoms with E-state index in [1.807, 2.05) is 60.7 Å². The Morgan fingerprint density at radius 2 is 1.00 bits per heavy atom. The first-order valence-corrected chi connectivity index (χ1v) is 10.0. The summed E-state index contributed by atoms with van der Waals surface area (Å²) in [6.07, 6.45) is 2.11. The fraction of sp³-hybridized carbons (Fsp3) is 0.143. The van der Waals surface area contributed by atoms with Gasteiger partial charge in [0.25, 0.3) is 0 Å². The maximum Gasteiger partial charge on any atom is 2.00 e. The van der Waals surface area contributed by atoms with Crippen molar-refractivity contribution in [2.45, 2.75) is 19.8 Å². The molecular weight excluding hydrogens is 606 g/mol. The molecule has 0 atom stereocenters. The van der Waals surface area contributed by atoms with Crippen molar-refractivity contribution in [1.29, 1.82) is 0 Å². The van der Waals surface area contributed by atoms with Crippen LogP contribution in [0.1, 0.15) is 16.7 Å². The molecule has 0 amide bonds. The van der Waals surface area contributed by atoms with E-state index in [2.05, 4.69) is 55.5 Å². The molecule has 4 aromatic rings. The van der Waals surface area contributed by atoms with Crippen LogP contribution >= 0.6 is 0 Å². The third-order valence-electron chi connectivity index (χ3n) is 4.59. The third kappa shape index (κ3) is 9.05. The van der Waals surface area contributed by atoms with Crippen molar-refractivity contribution in [3.05, 3.63) is 126 Å². The fourth-order valence-electron chi connectivity index (χ4n) is 2.85. The summed E-state index contributed by atoms with van der Waals surface area (Å²) in [5.74, 6) is 2.58. The van der Waals surface area contributed by atoms with Crippen LogP contribution in [0.5, 0.6) is 17.2 Å². The molecule has 4 rings (SSSR count). The Kier molecular flexibility index (Phi) is 11.0. The van der Waals surface area contributed by atoms with Crippen LogP contribution < -0.4 is 9.47 Å². The zero-order valence-electron chi connectivity index (χ0n) is 18.0. The van der Waals surface area contributed by atoms with E-state index >= 15 is 0 Å². The van der Waals surface area contributed by atoms with Crippen molar-refractivity contribution in [2.24, 2.45) is 0 Å². The Hall–Kier alpha value is -2.47. The van der Waals surface area contributed by atoms with Gasteiger partial charge < -0.3 is 9.47 Å². The third-order valence-corrected chi connectivity index (χ3v) is 4.59. The second-order valence-electron chi connectivity index (χ2n) is 6.91. The molecule has 0 saturated heterocycles. The molecule has 4 aromatic carbocycles. The van der Waals surface area contributed by atoms with Crippen molar-refractivity contribution in [1.82, 2.24) is 0 Å². The molecule has 0 spiro atoms. The molecular formula is C28H26O2U. The van der Waals surface area contributed by atoms with Crippen molar-refractivity contribution in [3.8, 4) is 17.2 Å². The van der Waals surface area contributed by atoms with E-state index in [1.165, 1.54) is 16.7 Å². The van der Waals surface area contributed by atoms with E-state index < -0.39 is 0 Å². The Morgan fingerprint density at radius 1 is 0.581 bits per heavy atom. The molecule has 0 bridgehead atoms. The van der Waals surface area contributed by atoms with Gasteiger partial charge in [-0.1, -0.05) is 42.0 Å². The minimum absolute atomic E-state index is 0. The summed E-state index contributed by atoms with van der Waals surface area (Å²) in [6, 6.07) is 37.8. The second-order valence-corrected chi connectivity index (χ2v) is 6.91. The first kappa shape index (κ1) is 24.8. The summed E-state index contributed by atoms with van der Waals surface area (Å²) >= 11 is 0. The molecule has 0 aliphatic carbocycles. The van der Waals surface area contributed by atoms with Gasteiger partial charge in [0.1, 0.15) is 5.75 Å². The summed E-state index contributed by atoms with van der Waals surface area (Å²) < 4.78 is 10.7. The van der Waals surface area contributed by atoms with Gasteiger partial charge in [0.15, 0.2) is 0 Å². The van der Waals surface area contributed by atoms with Crippen molar-refractivity contribution >= 4 is 0 Å². The van der Waals surface area contributed by atoms with Crippen LogP contribution in [-0.4, -0.2) is 7.11 Å². The predicted octanol–water partition coefficient (Wildman–Crippen LogP) is 6.87. The van der Waals surface area contributed by atoms with Gasteiger partial charge in [-0.3, -0.25) is 0 Å².